The molecule has 0 bridgehead atoms. The van der Waals surface area contributed by atoms with Gasteiger partial charge in [0.1, 0.15) is 5.75 Å². The number of morpholine rings is 3. The molecule has 4 aromatic rings. The maximum Gasteiger partial charge on any atom is 0.174 e. The third kappa shape index (κ3) is 6.04. The van der Waals surface area contributed by atoms with Crippen LogP contribution in [0.4, 0.5) is 11.4 Å². The zero-order valence-corrected chi connectivity index (χ0v) is 34.6. The Kier molecular flexibility index (Phi) is 9.88. The second kappa shape index (κ2) is 15.2. The largest absolute Gasteiger partial charge is 0.473 e. The van der Waals surface area contributed by atoms with Crippen molar-refractivity contribution in [3.05, 3.63) is 112 Å². The van der Waals surface area contributed by atoms with E-state index < -0.39 is 5.60 Å². The van der Waals surface area contributed by atoms with Crippen LogP contribution in [0, 0.1) is 0 Å². The maximum absolute atomic E-state index is 7.92. The van der Waals surface area contributed by atoms with E-state index in [1.54, 1.807) is 0 Å². The Morgan fingerprint density at radius 1 is 0.702 bits per heavy atom. The second-order valence-corrected chi connectivity index (χ2v) is 17.1. The first kappa shape index (κ1) is 37.1. The minimum Gasteiger partial charge on any atom is -0.473 e. The van der Waals surface area contributed by atoms with E-state index in [9.17, 15) is 0 Å². The Labute approximate surface area is 342 Å². The van der Waals surface area contributed by atoms with Gasteiger partial charge < -0.3 is 33.6 Å². The van der Waals surface area contributed by atoms with Crippen molar-refractivity contribution in [3.8, 4) is 16.9 Å². The minimum absolute atomic E-state index is 0.116. The molecular formula is C49H55N3O4S. The van der Waals surface area contributed by atoms with Crippen LogP contribution in [0.2, 0.25) is 0 Å². The summed E-state index contributed by atoms with van der Waals surface area (Å²) in [5, 5.41) is 2.49. The van der Waals surface area contributed by atoms with Gasteiger partial charge in [-0.15, -0.1) is 11.8 Å². The first-order chi connectivity index (χ1) is 28.1. The van der Waals surface area contributed by atoms with Crippen molar-refractivity contribution in [2.45, 2.75) is 55.4 Å². The zero-order valence-electron chi connectivity index (χ0n) is 33.8. The van der Waals surface area contributed by atoms with Crippen molar-refractivity contribution in [3.63, 3.8) is 0 Å². The van der Waals surface area contributed by atoms with Gasteiger partial charge in [0.15, 0.2) is 5.60 Å². The first-order valence-corrected chi connectivity index (χ1v) is 22.5. The topological polar surface area (TPSA) is 46.6 Å². The van der Waals surface area contributed by atoms with E-state index in [2.05, 4.69) is 120 Å². The minimum atomic E-state index is -0.764. The molecule has 3 fully saturated rings. The molecule has 4 aliphatic heterocycles. The average Bonchev–Trinajstić information content (AvgIpc) is 3.60. The summed E-state index contributed by atoms with van der Waals surface area (Å²) < 4.78 is 25.2. The summed E-state index contributed by atoms with van der Waals surface area (Å²) in [6, 6.07) is 23.4. The lowest BCUT2D eigenvalue weighted by molar-refractivity contribution is 0.0516. The molecule has 3 saturated heterocycles. The molecule has 0 radical (unpaired) electrons. The number of hydrogen-bond donors (Lipinski definition) is 0. The molecule has 2 aliphatic carbocycles. The van der Waals surface area contributed by atoms with Gasteiger partial charge in [-0.1, -0.05) is 62.4 Å². The highest BCUT2D eigenvalue weighted by Crippen LogP contribution is 2.61. The van der Waals surface area contributed by atoms with E-state index in [0.717, 1.165) is 110 Å². The van der Waals surface area contributed by atoms with Gasteiger partial charge in [0.25, 0.3) is 0 Å². The van der Waals surface area contributed by atoms with Gasteiger partial charge in [-0.2, -0.15) is 0 Å². The Balaban J connectivity index is 1.20. The van der Waals surface area contributed by atoms with Crippen molar-refractivity contribution in [2.24, 2.45) is 0 Å². The lowest BCUT2D eigenvalue weighted by Crippen LogP contribution is -2.39. The van der Waals surface area contributed by atoms with Gasteiger partial charge >= 0.3 is 0 Å². The number of benzene rings is 4. The summed E-state index contributed by atoms with van der Waals surface area (Å²) in [4.78, 5) is 8.75. The molecule has 6 aliphatic rings. The van der Waals surface area contributed by atoms with E-state index in [1.807, 2.05) is 11.8 Å². The second-order valence-electron chi connectivity index (χ2n) is 16.3. The van der Waals surface area contributed by atoms with Crippen LogP contribution in [0.25, 0.3) is 28.0 Å². The molecule has 296 valence electrons. The van der Waals surface area contributed by atoms with Crippen molar-refractivity contribution in [1.29, 1.82) is 0 Å². The predicted octanol–water partition coefficient (Wildman–Crippen LogP) is 9.56. The molecule has 4 aromatic carbocycles. The van der Waals surface area contributed by atoms with Crippen molar-refractivity contribution < 1.29 is 18.9 Å². The quantitative estimate of drug-likeness (QED) is 0.164. The van der Waals surface area contributed by atoms with Crippen LogP contribution in [-0.4, -0.2) is 90.1 Å². The van der Waals surface area contributed by atoms with Crippen LogP contribution < -0.4 is 14.5 Å². The lowest BCUT2D eigenvalue weighted by atomic mass is 9.70. The molecule has 57 heavy (non-hydrogen) atoms. The standard InChI is InChI=1S/C49H55N3O4S/c1-4-48(5-2)42-9-7-6-8-38(42)45-40-32-43(52-24-30-55-31-25-52)44(57-3)33-41(40)47-39(46(45)48)18-19-49(56-47,34-10-14-36(15-11-34)50-20-26-53-27-21-50)35-12-16-37(17-13-35)51-22-28-54-29-23-51/h6-12,14-16,18-19,32-33H,4-5,13,17,20-31H2,1-3H3. The van der Waals surface area contributed by atoms with E-state index in [1.165, 1.54) is 71.7 Å². The number of rotatable bonds is 8. The first-order valence-electron chi connectivity index (χ1n) is 21.3. The Hall–Kier alpha value is -4.21. The van der Waals surface area contributed by atoms with Gasteiger partial charge in [0, 0.05) is 77.5 Å². The summed E-state index contributed by atoms with van der Waals surface area (Å²) in [6.07, 6.45) is 15.8. The fourth-order valence-electron chi connectivity index (χ4n) is 10.7. The molecule has 1 unspecified atom stereocenters. The average molecular weight is 782 g/mol. The fraction of sp³-hybridized carbons (Fsp3) is 0.429. The SMILES string of the molecule is CCC1(CC)c2ccccc2-c2c1c1c(c3cc(SC)c(N4CCOCC4)cc23)OC(C2=CC=C(N3CCOCC3)CC2)(c2ccc(N3CCOCC3)cc2)C=C1. The van der Waals surface area contributed by atoms with Crippen molar-refractivity contribution in [2.75, 3.05) is 95.0 Å². The van der Waals surface area contributed by atoms with E-state index >= 15 is 0 Å². The molecule has 1 atom stereocenters. The molecule has 0 amide bonds. The number of anilines is 2. The Bertz CT molecular complexity index is 2260. The molecule has 10 rings (SSSR count). The van der Waals surface area contributed by atoms with Crippen LogP contribution in [0.1, 0.15) is 61.8 Å². The number of hydrogen-bond acceptors (Lipinski definition) is 8. The van der Waals surface area contributed by atoms with Crippen LogP contribution in [-0.2, 0) is 25.2 Å². The number of thioether (sulfide) groups is 1. The smallest absolute Gasteiger partial charge is 0.174 e. The van der Waals surface area contributed by atoms with Crippen LogP contribution in [0.3, 0.4) is 0 Å². The van der Waals surface area contributed by atoms with E-state index in [4.69, 9.17) is 18.9 Å². The third-order valence-corrected chi connectivity index (χ3v) is 14.6. The highest BCUT2D eigenvalue weighted by Gasteiger charge is 2.47. The van der Waals surface area contributed by atoms with Crippen molar-refractivity contribution >= 4 is 40.0 Å². The highest BCUT2D eigenvalue weighted by atomic mass is 32.2. The molecule has 0 saturated carbocycles. The number of allylic oxidation sites excluding steroid dienone is 3. The molecule has 7 nitrogen and oxygen atoms in total. The van der Waals surface area contributed by atoms with Gasteiger partial charge in [-0.05, 0) is 102 Å². The third-order valence-electron chi connectivity index (χ3n) is 13.8. The lowest BCUT2D eigenvalue weighted by Gasteiger charge is -2.42. The monoisotopic (exact) mass is 781 g/mol. The van der Waals surface area contributed by atoms with Gasteiger partial charge in [0.2, 0.25) is 0 Å². The van der Waals surface area contributed by atoms with E-state index in [0.29, 0.717) is 0 Å². The van der Waals surface area contributed by atoms with Crippen LogP contribution in [0.5, 0.6) is 5.75 Å². The number of fused-ring (bicyclic) bond motifs is 8. The molecule has 4 heterocycles. The van der Waals surface area contributed by atoms with Crippen LogP contribution in [0.15, 0.2) is 95.1 Å². The summed E-state index contributed by atoms with van der Waals surface area (Å²) in [7, 11) is 0. The Morgan fingerprint density at radius 2 is 1.37 bits per heavy atom. The van der Waals surface area contributed by atoms with Gasteiger partial charge in [-0.25, -0.2) is 0 Å². The molecule has 0 aromatic heterocycles. The Morgan fingerprint density at radius 3 is 2.02 bits per heavy atom. The predicted molar refractivity (Wildman–Crippen MR) is 234 cm³/mol. The fourth-order valence-corrected chi connectivity index (χ4v) is 11.3. The number of nitrogens with zero attached hydrogens (tertiary/aromatic N) is 3. The summed E-state index contributed by atoms with van der Waals surface area (Å²) >= 11 is 1.83. The maximum atomic E-state index is 7.92. The van der Waals surface area contributed by atoms with Crippen LogP contribution >= 0.6 is 11.8 Å². The molecule has 0 spiro atoms. The number of ether oxygens (including phenoxy) is 4. The van der Waals surface area contributed by atoms with E-state index in [-0.39, 0.29) is 5.41 Å². The highest BCUT2D eigenvalue weighted by molar-refractivity contribution is 7.98. The van der Waals surface area contributed by atoms with Crippen molar-refractivity contribution in [1.82, 2.24) is 4.90 Å². The van der Waals surface area contributed by atoms with Gasteiger partial charge in [-0.3, -0.25) is 0 Å². The summed E-state index contributed by atoms with van der Waals surface area (Å²) in [5.74, 6) is 1.01. The summed E-state index contributed by atoms with van der Waals surface area (Å²) in [6.45, 7) is 14.9. The molecular weight excluding hydrogens is 727 g/mol. The summed E-state index contributed by atoms with van der Waals surface area (Å²) in [5.41, 5.74) is 12.4. The normalized spacial score (nSPS) is 22.8. The molecule has 0 N–H and O–H groups in total. The zero-order chi connectivity index (χ0) is 38.6. The molecule has 8 heteroatoms. The van der Waals surface area contributed by atoms with Gasteiger partial charge in [0.05, 0.1) is 45.3 Å².